The molecule has 1 atom stereocenters. The van der Waals surface area contributed by atoms with Gasteiger partial charge in [0.15, 0.2) is 0 Å². The number of unbranched alkanes of at least 4 members (excludes halogenated alkanes) is 2. The van der Waals surface area contributed by atoms with Crippen molar-refractivity contribution in [1.29, 1.82) is 0 Å². The molecule has 0 saturated heterocycles. The number of rotatable bonds is 9. The maximum absolute atomic E-state index is 11.3. The molecule has 0 spiro atoms. The van der Waals surface area contributed by atoms with Crippen molar-refractivity contribution >= 4 is 11.9 Å². The molecule has 94 valence electrons. The minimum Gasteiger partial charge on any atom is -0.481 e. The van der Waals surface area contributed by atoms with E-state index in [4.69, 9.17) is 5.11 Å². The molecular weight excluding hydrogens is 208 g/mol. The Bertz CT molecular complexity index is 237. The van der Waals surface area contributed by atoms with E-state index in [0.29, 0.717) is 12.8 Å². The van der Waals surface area contributed by atoms with Gasteiger partial charge in [-0.2, -0.15) is 0 Å². The molecule has 0 aliphatic rings. The van der Waals surface area contributed by atoms with E-state index in [9.17, 15) is 14.7 Å². The van der Waals surface area contributed by atoms with Crippen LogP contribution in [0.4, 0.5) is 0 Å². The molecule has 0 aromatic carbocycles. The molecule has 1 unspecified atom stereocenters. The van der Waals surface area contributed by atoms with Crippen molar-refractivity contribution in [2.45, 2.75) is 58.8 Å². The molecule has 0 aliphatic carbocycles. The third-order valence-corrected chi connectivity index (χ3v) is 3.21. The number of carboxylic acid groups (broad SMARTS) is 2. The number of aliphatic carboxylic acids is 2. The van der Waals surface area contributed by atoms with Crippen molar-refractivity contribution in [3.63, 3.8) is 0 Å². The number of carboxylic acids is 2. The Morgan fingerprint density at radius 1 is 1.06 bits per heavy atom. The van der Waals surface area contributed by atoms with Gasteiger partial charge in [0.1, 0.15) is 0 Å². The lowest BCUT2D eigenvalue weighted by molar-refractivity contribution is -0.151. The molecule has 0 bridgehead atoms. The molecule has 0 heterocycles. The molecule has 0 aromatic rings. The summed E-state index contributed by atoms with van der Waals surface area (Å²) in [5.74, 6) is -1.78. The van der Waals surface area contributed by atoms with Crippen molar-refractivity contribution in [2.24, 2.45) is 5.41 Å². The van der Waals surface area contributed by atoms with Crippen LogP contribution >= 0.6 is 0 Å². The number of carbonyl (C=O) groups is 2. The fraction of sp³-hybridized carbons (Fsp3) is 0.833. The van der Waals surface area contributed by atoms with Crippen molar-refractivity contribution in [3.8, 4) is 0 Å². The molecule has 2 N–H and O–H groups in total. The minimum absolute atomic E-state index is 0.0632. The predicted octanol–water partition coefficient (Wildman–Crippen LogP) is 2.91. The van der Waals surface area contributed by atoms with Crippen LogP contribution in [0.25, 0.3) is 0 Å². The number of hydrogen-bond donors (Lipinski definition) is 2. The Morgan fingerprint density at radius 3 is 2.06 bits per heavy atom. The standard InChI is InChI=1S/C12H22O4/c1-3-5-6-8-12(4-2,11(15)16)9-7-10(13)14/h3-9H2,1-2H3,(H,13,14)(H,15,16). The maximum Gasteiger partial charge on any atom is 0.309 e. The van der Waals surface area contributed by atoms with Gasteiger partial charge in [0.2, 0.25) is 0 Å². The first-order valence-corrected chi connectivity index (χ1v) is 5.93. The normalized spacial score (nSPS) is 14.4. The first kappa shape index (κ1) is 14.9. The summed E-state index contributed by atoms with van der Waals surface area (Å²) in [6.45, 7) is 3.88. The van der Waals surface area contributed by atoms with Gasteiger partial charge in [0.25, 0.3) is 0 Å². The van der Waals surface area contributed by atoms with Gasteiger partial charge in [-0.05, 0) is 19.3 Å². The summed E-state index contributed by atoms with van der Waals surface area (Å²) >= 11 is 0. The maximum atomic E-state index is 11.3. The van der Waals surface area contributed by atoms with Crippen LogP contribution in [0, 0.1) is 5.41 Å². The van der Waals surface area contributed by atoms with E-state index >= 15 is 0 Å². The van der Waals surface area contributed by atoms with Crippen molar-refractivity contribution in [1.82, 2.24) is 0 Å². The fourth-order valence-electron chi connectivity index (χ4n) is 1.90. The molecule has 0 saturated carbocycles. The van der Waals surface area contributed by atoms with Crippen molar-refractivity contribution < 1.29 is 19.8 Å². The van der Waals surface area contributed by atoms with Crippen LogP contribution in [0.1, 0.15) is 58.8 Å². The second-order valence-electron chi connectivity index (χ2n) is 4.29. The zero-order valence-electron chi connectivity index (χ0n) is 10.2. The third-order valence-electron chi connectivity index (χ3n) is 3.21. The van der Waals surface area contributed by atoms with Gasteiger partial charge >= 0.3 is 11.9 Å². The Hall–Kier alpha value is -1.06. The average Bonchev–Trinajstić information content (AvgIpc) is 2.23. The summed E-state index contributed by atoms with van der Waals surface area (Å²) in [6, 6.07) is 0. The molecule has 4 nitrogen and oxygen atoms in total. The molecule has 0 aromatic heterocycles. The summed E-state index contributed by atoms with van der Waals surface area (Å²) in [7, 11) is 0. The van der Waals surface area contributed by atoms with Crippen molar-refractivity contribution in [2.75, 3.05) is 0 Å². The first-order chi connectivity index (χ1) is 7.48. The Balaban J connectivity index is 4.45. The zero-order chi connectivity index (χ0) is 12.6. The molecule has 0 rings (SSSR count). The highest BCUT2D eigenvalue weighted by Crippen LogP contribution is 2.34. The molecule has 0 aliphatic heterocycles. The molecule has 0 radical (unpaired) electrons. The highest BCUT2D eigenvalue weighted by molar-refractivity contribution is 5.76. The summed E-state index contributed by atoms with van der Waals surface area (Å²) in [5.41, 5.74) is -0.840. The lowest BCUT2D eigenvalue weighted by Gasteiger charge is -2.27. The van der Waals surface area contributed by atoms with Gasteiger partial charge in [0, 0.05) is 6.42 Å². The lowest BCUT2D eigenvalue weighted by atomic mass is 9.76. The molecule has 16 heavy (non-hydrogen) atoms. The van der Waals surface area contributed by atoms with Gasteiger partial charge < -0.3 is 10.2 Å². The topological polar surface area (TPSA) is 74.6 Å². The highest BCUT2D eigenvalue weighted by atomic mass is 16.4. The third kappa shape index (κ3) is 4.64. The largest absolute Gasteiger partial charge is 0.481 e. The second kappa shape index (κ2) is 7.25. The summed E-state index contributed by atoms with van der Waals surface area (Å²) in [6.07, 6.45) is 4.15. The Morgan fingerprint density at radius 2 is 1.69 bits per heavy atom. The quantitative estimate of drug-likeness (QED) is 0.597. The van der Waals surface area contributed by atoms with Gasteiger partial charge in [0.05, 0.1) is 5.41 Å². The van der Waals surface area contributed by atoms with E-state index in [1.807, 2.05) is 6.92 Å². The van der Waals surface area contributed by atoms with Gasteiger partial charge in [-0.1, -0.05) is 33.1 Å². The van der Waals surface area contributed by atoms with Crippen LogP contribution in [0.3, 0.4) is 0 Å². The van der Waals surface area contributed by atoms with E-state index in [2.05, 4.69) is 6.92 Å². The fourth-order valence-corrected chi connectivity index (χ4v) is 1.90. The lowest BCUT2D eigenvalue weighted by Crippen LogP contribution is -2.31. The average molecular weight is 230 g/mol. The minimum atomic E-state index is -0.922. The van der Waals surface area contributed by atoms with Crippen LogP contribution < -0.4 is 0 Å². The molecular formula is C12H22O4. The van der Waals surface area contributed by atoms with Crippen LogP contribution in [0.2, 0.25) is 0 Å². The van der Waals surface area contributed by atoms with E-state index in [1.54, 1.807) is 0 Å². The summed E-state index contributed by atoms with van der Waals surface area (Å²) in [5, 5.41) is 17.9. The predicted molar refractivity (Wildman–Crippen MR) is 61.4 cm³/mol. The summed E-state index contributed by atoms with van der Waals surface area (Å²) in [4.78, 5) is 21.8. The molecule has 4 heteroatoms. The van der Waals surface area contributed by atoms with Crippen LogP contribution in [-0.4, -0.2) is 22.2 Å². The van der Waals surface area contributed by atoms with Crippen LogP contribution in [0.5, 0.6) is 0 Å². The Kier molecular flexibility index (Phi) is 6.77. The van der Waals surface area contributed by atoms with E-state index < -0.39 is 17.4 Å². The Labute approximate surface area is 96.7 Å². The van der Waals surface area contributed by atoms with Gasteiger partial charge in [-0.15, -0.1) is 0 Å². The van der Waals surface area contributed by atoms with E-state index in [1.165, 1.54) is 0 Å². The SMILES string of the molecule is CCCCCC(CC)(CCC(=O)O)C(=O)O. The summed E-state index contributed by atoms with van der Waals surface area (Å²) < 4.78 is 0. The van der Waals surface area contributed by atoms with Crippen LogP contribution in [0.15, 0.2) is 0 Å². The van der Waals surface area contributed by atoms with Crippen LogP contribution in [-0.2, 0) is 9.59 Å². The van der Waals surface area contributed by atoms with E-state index in [-0.39, 0.29) is 12.8 Å². The van der Waals surface area contributed by atoms with Crippen molar-refractivity contribution in [3.05, 3.63) is 0 Å². The highest BCUT2D eigenvalue weighted by Gasteiger charge is 2.36. The zero-order valence-corrected chi connectivity index (χ0v) is 10.2. The molecule has 0 fully saturated rings. The molecule has 0 amide bonds. The van der Waals surface area contributed by atoms with Gasteiger partial charge in [-0.25, -0.2) is 0 Å². The smallest absolute Gasteiger partial charge is 0.309 e. The second-order valence-corrected chi connectivity index (χ2v) is 4.29. The van der Waals surface area contributed by atoms with Gasteiger partial charge in [-0.3, -0.25) is 9.59 Å². The van der Waals surface area contributed by atoms with E-state index in [0.717, 1.165) is 19.3 Å². The number of hydrogen-bond acceptors (Lipinski definition) is 2. The monoisotopic (exact) mass is 230 g/mol. The first-order valence-electron chi connectivity index (χ1n) is 5.93.